The van der Waals surface area contributed by atoms with Gasteiger partial charge in [0.2, 0.25) is 0 Å². The van der Waals surface area contributed by atoms with Crippen molar-refractivity contribution >= 4 is 17.7 Å². The van der Waals surface area contributed by atoms with Gasteiger partial charge in [0.15, 0.2) is 0 Å². The van der Waals surface area contributed by atoms with E-state index in [1.807, 2.05) is 4.90 Å². The molecule has 1 aromatic rings. The summed E-state index contributed by atoms with van der Waals surface area (Å²) >= 11 is 0. The first-order valence-electron chi connectivity index (χ1n) is 7.82. The van der Waals surface area contributed by atoms with Crippen molar-refractivity contribution in [3.8, 4) is 0 Å². The first-order chi connectivity index (χ1) is 11.1. The number of rotatable bonds is 6. The van der Waals surface area contributed by atoms with Gasteiger partial charge in [0, 0.05) is 32.1 Å². The molecule has 6 nitrogen and oxygen atoms in total. The standard InChI is InChI=1S/C16H22FN3O3/c17-13-6-1-2-7-14(13)20-10-4-5-12(11-20)19-16(23)18-9-3-8-15(21)22/h1-2,6-7,12H,3-5,8-11H2,(H,21,22)(H2,18,19,23). The first-order valence-corrected chi connectivity index (χ1v) is 7.82. The molecule has 1 unspecified atom stereocenters. The van der Waals surface area contributed by atoms with Crippen LogP contribution in [0.1, 0.15) is 25.7 Å². The molecule has 0 aromatic heterocycles. The van der Waals surface area contributed by atoms with E-state index in [0.29, 0.717) is 25.2 Å². The summed E-state index contributed by atoms with van der Waals surface area (Å²) in [6.07, 6.45) is 2.14. The first kappa shape index (κ1) is 17.1. The molecule has 1 aliphatic rings. The fourth-order valence-electron chi connectivity index (χ4n) is 2.70. The number of anilines is 1. The summed E-state index contributed by atoms with van der Waals surface area (Å²) in [5, 5.41) is 14.0. The summed E-state index contributed by atoms with van der Waals surface area (Å²) in [6.45, 7) is 1.64. The summed E-state index contributed by atoms with van der Waals surface area (Å²) in [6, 6.07) is 6.26. The minimum Gasteiger partial charge on any atom is -0.481 e. The largest absolute Gasteiger partial charge is 0.481 e. The molecule has 2 amide bonds. The molecule has 7 heteroatoms. The molecule has 1 heterocycles. The maximum atomic E-state index is 13.8. The highest BCUT2D eigenvalue weighted by molar-refractivity contribution is 5.74. The van der Waals surface area contributed by atoms with E-state index in [-0.39, 0.29) is 24.3 Å². The van der Waals surface area contributed by atoms with E-state index in [4.69, 9.17) is 5.11 Å². The SMILES string of the molecule is O=C(O)CCCNC(=O)NC1CCCN(c2ccccc2F)C1. The Morgan fingerprint density at radius 1 is 1.35 bits per heavy atom. The number of piperidine rings is 1. The predicted molar refractivity (Wildman–Crippen MR) is 85.0 cm³/mol. The Bertz CT molecular complexity index is 553. The molecule has 1 atom stereocenters. The third-order valence-electron chi connectivity index (χ3n) is 3.80. The van der Waals surface area contributed by atoms with Crippen LogP contribution in [0.4, 0.5) is 14.9 Å². The molecule has 0 radical (unpaired) electrons. The summed E-state index contributed by atoms with van der Waals surface area (Å²) in [4.78, 5) is 24.1. The number of hydrogen-bond acceptors (Lipinski definition) is 3. The molecule has 1 aromatic carbocycles. The van der Waals surface area contributed by atoms with E-state index < -0.39 is 5.97 Å². The molecule has 0 aliphatic carbocycles. The monoisotopic (exact) mass is 323 g/mol. The molecule has 0 bridgehead atoms. The van der Waals surface area contributed by atoms with Gasteiger partial charge in [0.05, 0.1) is 5.69 Å². The number of carbonyl (C=O) groups is 2. The van der Waals surface area contributed by atoms with Gasteiger partial charge < -0.3 is 20.6 Å². The van der Waals surface area contributed by atoms with Gasteiger partial charge in [-0.05, 0) is 31.4 Å². The van der Waals surface area contributed by atoms with Crippen molar-refractivity contribution in [3.63, 3.8) is 0 Å². The van der Waals surface area contributed by atoms with Crippen LogP contribution >= 0.6 is 0 Å². The number of halogens is 1. The number of carboxylic acids is 1. The quantitative estimate of drug-likeness (QED) is 0.699. The van der Waals surface area contributed by atoms with Crippen molar-refractivity contribution in [2.75, 3.05) is 24.5 Å². The number of carbonyl (C=O) groups excluding carboxylic acids is 1. The highest BCUT2D eigenvalue weighted by atomic mass is 19.1. The number of benzene rings is 1. The number of aliphatic carboxylic acids is 1. The van der Waals surface area contributed by atoms with Gasteiger partial charge in [-0.25, -0.2) is 9.18 Å². The molecule has 0 spiro atoms. The zero-order chi connectivity index (χ0) is 16.7. The van der Waals surface area contributed by atoms with Crippen molar-refractivity contribution in [3.05, 3.63) is 30.1 Å². The summed E-state index contributed by atoms with van der Waals surface area (Å²) in [7, 11) is 0. The van der Waals surface area contributed by atoms with E-state index in [2.05, 4.69) is 10.6 Å². The van der Waals surface area contributed by atoms with Gasteiger partial charge in [0.1, 0.15) is 5.82 Å². The summed E-state index contributed by atoms with van der Waals surface area (Å²) in [5.41, 5.74) is 0.556. The van der Waals surface area contributed by atoms with Crippen LogP contribution in [-0.2, 0) is 4.79 Å². The third kappa shape index (κ3) is 5.43. The van der Waals surface area contributed by atoms with Crippen LogP contribution in [0.5, 0.6) is 0 Å². The number of para-hydroxylation sites is 1. The van der Waals surface area contributed by atoms with Crippen LogP contribution in [0.3, 0.4) is 0 Å². The molecular weight excluding hydrogens is 301 g/mol. The average molecular weight is 323 g/mol. The zero-order valence-electron chi connectivity index (χ0n) is 12.9. The lowest BCUT2D eigenvalue weighted by atomic mass is 10.0. The predicted octanol–water partition coefficient (Wildman–Crippen LogP) is 1.96. The van der Waals surface area contributed by atoms with Crippen molar-refractivity contribution in [1.29, 1.82) is 0 Å². The fourth-order valence-corrected chi connectivity index (χ4v) is 2.70. The maximum Gasteiger partial charge on any atom is 0.315 e. The highest BCUT2D eigenvalue weighted by Gasteiger charge is 2.23. The Hall–Kier alpha value is -2.31. The van der Waals surface area contributed by atoms with Gasteiger partial charge in [0.25, 0.3) is 0 Å². The number of carboxylic acid groups (broad SMARTS) is 1. The van der Waals surface area contributed by atoms with Gasteiger partial charge in [-0.2, -0.15) is 0 Å². The smallest absolute Gasteiger partial charge is 0.315 e. The number of amides is 2. The summed E-state index contributed by atoms with van der Waals surface area (Å²) in [5.74, 6) is -1.13. The zero-order valence-corrected chi connectivity index (χ0v) is 12.9. The average Bonchev–Trinajstić information content (AvgIpc) is 2.52. The number of urea groups is 1. The highest BCUT2D eigenvalue weighted by Crippen LogP contribution is 2.22. The van der Waals surface area contributed by atoms with Crippen molar-refractivity contribution in [1.82, 2.24) is 10.6 Å². The molecular formula is C16H22FN3O3. The molecule has 126 valence electrons. The van der Waals surface area contributed by atoms with Crippen LogP contribution in [0.15, 0.2) is 24.3 Å². The maximum absolute atomic E-state index is 13.8. The van der Waals surface area contributed by atoms with Crippen LogP contribution in [0.2, 0.25) is 0 Å². The molecule has 3 N–H and O–H groups in total. The van der Waals surface area contributed by atoms with Gasteiger partial charge in [-0.1, -0.05) is 12.1 Å². The Kier molecular flexibility index (Phi) is 6.19. The lowest BCUT2D eigenvalue weighted by molar-refractivity contribution is -0.137. The second-order valence-electron chi connectivity index (χ2n) is 5.63. The Morgan fingerprint density at radius 2 is 2.13 bits per heavy atom. The molecule has 2 rings (SSSR count). The van der Waals surface area contributed by atoms with Crippen molar-refractivity contribution in [2.24, 2.45) is 0 Å². The number of nitrogens with one attached hydrogen (secondary N) is 2. The molecule has 23 heavy (non-hydrogen) atoms. The van der Waals surface area contributed by atoms with E-state index in [1.54, 1.807) is 18.2 Å². The van der Waals surface area contributed by atoms with E-state index in [0.717, 1.165) is 19.4 Å². The second-order valence-corrected chi connectivity index (χ2v) is 5.63. The minimum atomic E-state index is -0.875. The fraction of sp³-hybridized carbons (Fsp3) is 0.500. The van der Waals surface area contributed by atoms with E-state index >= 15 is 0 Å². The van der Waals surface area contributed by atoms with Crippen LogP contribution in [-0.4, -0.2) is 42.8 Å². The van der Waals surface area contributed by atoms with Crippen molar-refractivity contribution in [2.45, 2.75) is 31.7 Å². The topological polar surface area (TPSA) is 81.7 Å². The lowest BCUT2D eigenvalue weighted by Gasteiger charge is -2.34. The molecule has 1 saturated heterocycles. The molecule has 1 aliphatic heterocycles. The number of hydrogen-bond donors (Lipinski definition) is 3. The van der Waals surface area contributed by atoms with Crippen LogP contribution in [0, 0.1) is 5.82 Å². The Morgan fingerprint density at radius 3 is 2.87 bits per heavy atom. The second kappa shape index (κ2) is 8.36. The Balaban J connectivity index is 1.79. The minimum absolute atomic E-state index is 0.0325. The van der Waals surface area contributed by atoms with Crippen LogP contribution < -0.4 is 15.5 Å². The molecule has 0 saturated carbocycles. The van der Waals surface area contributed by atoms with Crippen LogP contribution in [0.25, 0.3) is 0 Å². The number of nitrogens with zero attached hydrogens (tertiary/aromatic N) is 1. The van der Waals surface area contributed by atoms with E-state index in [9.17, 15) is 14.0 Å². The van der Waals surface area contributed by atoms with Crippen molar-refractivity contribution < 1.29 is 19.1 Å². The van der Waals surface area contributed by atoms with E-state index in [1.165, 1.54) is 6.07 Å². The van der Waals surface area contributed by atoms with Gasteiger partial charge in [-0.3, -0.25) is 4.79 Å². The Labute approximate surface area is 134 Å². The van der Waals surface area contributed by atoms with Gasteiger partial charge >= 0.3 is 12.0 Å². The normalized spacial score (nSPS) is 17.6. The summed E-state index contributed by atoms with van der Waals surface area (Å²) < 4.78 is 13.8. The molecule has 1 fully saturated rings. The van der Waals surface area contributed by atoms with Gasteiger partial charge in [-0.15, -0.1) is 0 Å². The third-order valence-corrected chi connectivity index (χ3v) is 3.80. The lowest BCUT2D eigenvalue weighted by Crippen LogP contribution is -2.50.